The minimum absolute atomic E-state index is 0.0881. The van der Waals surface area contributed by atoms with Gasteiger partial charge in [0, 0.05) is 10.9 Å². The van der Waals surface area contributed by atoms with Gasteiger partial charge in [0.05, 0.1) is 21.5 Å². The second-order valence-corrected chi connectivity index (χ2v) is 6.70. The number of amides is 3. The summed E-state index contributed by atoms with van der Waals surface area (Å²) < 4.78 is 4.96. The van der Waals surface area contributed by atoms with E-state index in [9.17, 15) is 24.5 Å². The molecule has 2 rings (SSSR count). The summed E-state index contributed by atoms with van der Waals surface area (Å²) in [5.41, 5.74) is -0.397. The molecule has 1 aromatic heterocycles. The highest BCUT2D eigenvalue weighted by atomic mass is 79.9. The van der Waals surface area contributed by atoms with Crippen molar-refractivity contribution in [3.63, 3.8) is 0 Å². The van der Waals surface area contributed by atoms with Crippen molar-refractivity contribution in [2.24, 2.45) is 0 Å². The molecule has 3 amide bonds. The third-order valence-corrected chi connectivity index (χ3v) is 4.52. The van der Waals surface area contributed by atoms with Gasteiger partial charge in [0.25, 0.3) is 11.6 Å². The number of hydrogen-bond donors (Lipinski definition) is 2. The van der Waals surface area contributed by atoms with E-state index < -0.39 is 29.4 Å². The Kier molecular flexibility index (Phi) is 6.81. The Labute approximate surface area is 159 Å². The molecule has 26 heavy (non-hydrogen) atoms. The van der Waals surface area contributed by atoms with Gasteiger partial charge >= 0.3 is 12.0 Å². The smallest absolute Gasteiger partial charge is 0.338 e. The summed E-state index contributed by atoms with van der Waals surface area (Å²) in [5, 5.41) is 17.2. The molecule has 0 saturated heterocycles. The van der Waals surface area contributed by atoms with E-state index >= 15 is 0 Å². The molecule has 9 nitrogen and oxygen atoms in total. The number of nitro groups is 1. The average Bonchev–Trinajstić information content (AvgIpc) is 3.11. The first kappa shape index (κ1) is 19.5. The zero-order valence-corrected chi connectivity index (χ0v) is 15.5. The minimum atomic E-state index is -0.922. The predicted molar refractivity (Wildman–Crippen MR) is 95.8 cm³/mol. The third kappa shape index (κ3) is 5.63. The Morgan fingerprint density at radius 2 is 2.04 bits per heavy atom. The number of carbonyl (C=O) groups excluding carboxylic acids is 3. The summed E-state index contributed by atoms with van der Waals surface area (Å²) in [7, 11) is 0. The number of benzene rings is 1. The lowest BCUT2D eigenvalue weighted by molar-refractivity contribution is -0.385. The highest BCUT2D eigenvalue weighted by Crippen LogP contribution is 2.25. The van der Waals surface area contributed by atoms with Gasteiger partial charge in [-0.05, 0) is 39.5 Å². The largest absolute Gasteiger partial charge is 0.452 e. The number of imide groups is 1. The van der Waals surface area contributed by atoms with Crippen LogP contribution in [-0.4, -0.2) is 29.4 Å². The molecule has 1 heterocycles. The maximum atomic E-state index is 11.9. The molecule has 0 fully saturated rings. The number of nitro benzene ring substituents is 1. The second-order valence-electron chi connectivity index (χ2n) is 4.81. The normalized spacial score (nSPS) is 10.0. The molecule has 0 radical (unpaired) electrons. The van der Waals surface area contributed by atoms with Gasteiger partial charge in [0.15, 0.2) is 6.61 Å². The molecule has 0 bridgehead atoms. The number of carbonyl (C=O) groups is 3. The fourth-order valence-corrected chi connectivity index (χ4v) is 2.82. The van der Waals surface area contributed by atoms with Gasteiger partial charge in [-0.25, -0.2) is 9.59 Å². The number of esters is 1. The van der Waals surface area contributed by atoms with Gasteiger partial charge in [-0.3, -0.25) is 20.2 Å². The van der Waals surface area contributed by atoms with Crippen LogP contribution in [0.25, 0.3) is 0 Å². The Balaban J connectivity index is 1.81. The number of hydrogen-bond acceptors (Lipinski definition) is 7. The molecule has 0 atom stereocenters. The highest BCUT2D eigenvalue weighted by molar-refractivity contribution is 9.10. The first-order valence-electron chi connectivity index (χ1n) is 7.08. The second kappa shape index (κ2) is 9.06. The van der Waals surface area contributed by atoms with E-state index in [0.717, 1.165) is 10.9 Å². The van der Waals surface area contributed by atoms with Crippen LogP contribution in [0.5, 0.6) is 0 Å². The van der Waals surface area contributed by atoms with Crippen LogP contribution in [0, 0.1) is 10.1 Å². The van der Waals surface area contributed by atoms with E-state index in [1.807, 2.05) is 22.8 Å². The number of thiophene rings is 1. The van der Waals surface area contributed by atoms with Crippen LogP contribution in [0.1, 0.15) is 15.2 Å². The lowest BCUT2D eigenvalue weighted by Gasteiger charge is -2.07. The number of nitrogens with one attached hydrogen (secondary N) is 2. The van der Waals surface area contributed by atoms with Crippen molar-refractivity contribution in [2.45, 2.75) is 6.54 Å². The fourth-order valence-electron chi connectivity index (χ4n) is 1.78. The van der Waals surface area contributed by atoms with Crippen LogP contribution in [0.2, 0.25) is 0 Å². The first-order valence-corrected chi connectivity index (χ1v) is 8.75. The summed E-state index contributed by atoms with van der Waals surface area (Å²) in [6.07, 6.45) is 0. The van der Waals surface area contributed by atoms with E-state index in [1.54, 1.807) is 0 Å². The number of urea groups is 1. The van der Waals surface area contributed by atoms with Gasteiger partial charge in [-0.2, -0.15) is 0 Å². The Morgan fingerprint density at radius 3 is 2.69 bits per heavy atom. The van der Waals surface area contributed by atoms with Gasteiger partial charge in [-0.1, -0.05) is 6.07 Å². The number of ether oxygens (including phenoxy) is 1. The molecule has 0 aliphatic carbocycles. The van der Waals surface area contributed by atoms with Crippen molar-refractivity contribution in [2.75, 3.05) is 6.61 Å². The van der Waals surface area contributed by atoms with E-state index in [-0.39, 0.29) is 22.3 Å². The quantitative estimate of drug-likeness (QED) is 0.402. The molecule has 2 aromatic rings. The minimum Gasteiger partial charge on any atom is -0.452 e. The lowest BCUT2D eigenvalue weighted by Crippen LogP contribution is -2.41. The highest BCUT2D eigenvalue weighted by Gasteiger charge is 2.18. The van der Waals surface area contributed by atoms with Crippen LogP contribution < -0.4 is 10.6 Å². The van der Waals surface area contributed by atoms with Crippen molar-refractivity contribution in [3.8, 4) is 0 Å². The Hall–Kier alpha value is -2.79. The molecule has 2 N–H and O–H groups in total. The Bertz CT molecular complexity index is 840. The first-order chi connectivity index (χ1) is 12.4. The average molecular weight is 442 g/mol. The van der Waals surface area contributed by atoms with E-state index in [2.05, 4.69) is 21.2 Å². The summed E-state index contributed by atoms with van der Waals surface area (Å²) >= 11 is 4.45. The molecule has 1 aromatic carbocycles. The standard InChI is InChI=1S/C15H12BrN3O6S/c16-11-4-3-9(6-12(11)19(23)24)14(21)25-8-13(20)18-15(22)17-7-10-2-1-5-26-10/h1-6H,7-8H2,(H2,17,18,20,22). The van der Waals surface area contributed by atoms with Crippen LogP contribution >= 0.6 is 27.3 Å². The number of rotatable bonds is 6. The van der Waals surface area contributed by atoms with Gasteiger partial charge in [0.2, 0.25) is 0 Å². The van der Waals surface area contributed by atoms with Crippen LogP contribution in [0.4, 0.5) is 10.5 Å². The van der Waals surface area contributed by atoms with Crippen molar-refractivity contribution in [3.05, 3.63) is 60.7 Å². The number of halogens is 1. The summed E-state index contributed by atoms with van der Waals surface area (Å²) in [5.74, 6) is -1.75. The van der Waals surface area contributed by atoms with Gasteiger partial charge in [0.1, 0.15) is 0 Å². The van der Waals surface area contributed by atoms with Gasteiger partial charge in [-0.15, -0.1) is 11.3 Å². The topological polar surface area (TPSA) is 128 Å². The van der Waals surface area contributed by atoms with E-state index in [4.69, 9.17) is 4.74 Å². The monoisotopic (exact) mass is 441 g/mol. The van der Waals surface area contributed by atoms with Crippen molar-refractivity contribution in [1.82, 2.24) is 10.6 Å². The number of nitrogens with zero attached hydrogens (tertiary/aromatic N) is 1. The van der Waals surface area contributed by atoms with Crippen LogP contribution in [-0.2, 0) is 16.1 Å². The summed E-state index contributed by atoms with van der Waals surface area (Å²) in [6, 6.07) is 6.59. The van der Waals surface area contributed by atoms with E-state index in [0.29, 0.717) is 0 Å². The lowest BCUT2D eigenvalue weighted by atomic mass is 10.2. The van der Waals surface area contributed by atoms with Crippen molar-refractivity contribution < 1.29 is 24.0 Å². The summed E-state index contributed by atoms with van der Waals surface area (Å²) in [6.45, 7) is -0.436. The maximum absolute atomic E-state index is 11.9. The predicted octanol–water partition coefficient (Wildman–Crippen LogP) is 2.60. The Morgan fingerprint density at radius 1 is 1.27 bits per heavy atom. The molecule has 0 aliphatic heterocycles. The van der Waals surface area contributed by atoms with E-state index in [1.165, 1.54) is 23.5 Å². The molecule has 0 aliphatic rings. The zero-order chi connectivity index (χ0) is 19.1. The van der Waals surface area contributed by atoms with Crippen molar-refractivity contribution >= 4 is 50.9 Å². The van der Waals surface area contributed by atoms with Crippen LogP contribution in [0.15, 0.2) is 40.2 Å². The van der Waals surface area contributed by atoms with Crippen LogP contribution in [0.3, 0.4) is 0 Å². The molecular formula is C15H12BrN3O6S. The molecule has 136 valence electrons. The molecule has 11 heteroatoms. The molecule has 0 unspecified atom stereocenters. The fraction of sp³-hybridized carbons (Fsp3) is 0.133. The summed E-state index contributed by atoms with van der Waals surface area (Å²) in [4.78, 5) is 46.1. The van der Waals surface area contributed by atoms with Crippen molar-refractivity contribution in [1.29, 1.82) is 0 Å². The third-order valence-electron chi connectivity index (χ3n) is 2.97. The maximum Gasteiger partial charge on any atom is 0.338 e. The zero-order valence-electron chi connectivity index (χ0n) is 13.1. The molecule has 0 saturated carbocycles. The molecule has 0 spiro atoms. The SMILES string of the molecule is O=C(COC(=O)c1ccc(Br)c([N+](=O)[O-])c1)NC(=O)NCc1cccs1. The van der Waals surface area contributed by atoms with Gasteiger partial charge < -0.3 is 10.1 Å². The molecular weight excluding hydrogens is 430 g/mol.